The van der Waals surface area contributed by atoms with Crippen LogP contribution >= 0.6 is 11.3 Å². The van der Waals surface area contributed by atoms with Crippen molar-refractivity contribution in [2.24, 2.45) is 0 Å². The number of nitrogens with zero attached hydrogens (tertiary/aromatic N) is 1. The molecule has 2 amide bonds. The number of rotatable bonds is 7. The molecule has 0 saturated heterocycles. The van der Waals surface area contributed by atoms with E-state index in [1.807, 2.05) is 42.6 Å². The number of benzene rings is 2. The predicted molar refractivity (Wildman–Crippen MR) is 128 cm³/mol. The molecule has 0 fully saturated rings. The summed E-state index contributed by atoms with van der Waals surface area (Å²) in [5.41, 5.74) is 1.59. The molecule has 0 aliphatic carbocycles. The van der Waals surface area contributed by atoms with Crippen molar-refractivity contribution >= 4 is 28.8 Å². The maximum atomic E-state index is 13.8. The van der Waals surface area contributed by atoms with Gasteiger partial charge in [0.1, 0.15) is 5.75 Å². The number of methoxy groups -OCH3 is 2. The van der Waals surface area contributed by atoms with Gasteiger partial charge in [0.25, 0.3) is 5.91 Å². The van der Waals surface area contributed by atoms with E-state index < -0.39 is 12.0 Å². The van der Waals surface area contributed by atoms with Crippen LogP contribution in [0.15, 0.2) is 53.9 Å². The number of likely N-dealkylation sites (N-methyl/N-ethyl adjacent to an activating group) is 1. The lowest BCUT2D eigenvalue weighted by Crippen LogP contribution is -2.43. The smallest absolute Gasteiger partial charge is 0.254 e. The third-order valence-corrected chi connectivity index (χ3v) is 6.68. The molecule has 0 saturated carbocycles. The van der Waals surface area contributed by atoms with Crippen molar-refractivity contribution in [3.05, 3.63) is 69.9 Å². The van der Waals surface area contributed by atoms with Gasteiger partial charge < -0.3 is 24.4 Å². The van der Waals surface area contributed by atoms with Crippen molar-refractivity contribution in [3.63, 3.8) is 0 Å². The van der Waals surface area contributed by atoms with E-state index in [1.165, 1.54) is 25.6 Å². The molecule has 8 heteroatoms. The van der Waals surface area contributed by atoms with Crippen LogP contribution in [-0.4, -0.2) is 44.6 Å². The highest BCUT2D eigenvalue weighted by atomic mass is 32.1. The first-order valence-electron chi connectivity index (χ1n) is 10.6. The minimum absolute atomic E-state index is 0.178. The van der Waals surface area contributed by atoms with Gasteiger partial charge >= 0.3 is 0 Å². The van der Waals surface area contributed by atoms with Crippen LogP contribution < -0.4 is 19.5 Å². The lowest BCUT2D eigenvalue weighted by Gasteiger charge is -2.39. The van der Waals surface area contributed by atoms with Crippen LogP contribution in [0.1, 0.15) is 39.7 Å². The van der Waals surface area contributed by atoms with Crippen molar-refractivity contribution in [1.29, 1.82) is 0 Å². The Balaban J connectivity index is 1.85. The van der Waals surface area contributed by atoms with E-state index >= 15 is 0 Å². The van der Waals surface area contributed by atoms with E-state index in [2.05, 4.69) is 5.32 Å². The van der Waals surface area contributed by atoms with Gasteiger partial charge in [-0.1, -0.05) is 18.2 Å². The molecule has 7 nitrogen and oxygen atoms in total. The van der Waals surface area contributed by atoms with Crippen LogP contribution in [-0.2, 0) is 4.79 Å². The van der Waals surface area contributed by atoms with E-state index in [0.29, 0.717) is 40.7 Å². The van der Waals surface area contributed by atoms with Gasteiger partial charge in [-0.3, -0.25) is 9.59 Å². The van der Waals surface area contributed by atoms with Gasteiger partial charge in [0.05, 0.1) is 38.5 Å². The maximum absolute atomic E-state index is 13.8. The molecule has 1 aromatic heterocycles. The molecule has 0 unspecified atom stereocenters. The van der Waals surface area contributed by atoms with Gasteiger partial charge in [0, 0.05) is 17.5 Å². The number of carbonyl (C=O) groups excluding carboxylic acids is 2. The summed E-state index contributed by atoms with van der Waals surface area (Å²) in [5, 5.41) is 4.97. The number of nitrogens with one attached hydrogen (secondary N) is 1. The Kier molecular flexibility index (Phi) is 6.55. The highest BCUT2D eigenvalue weighted by Crippen LogP contribution is 2.47. The van der Waals surface area contributed by atoms with Gasteiger partial charge in [0.15, 0.2) is 11.5 Å². The van der Waals surface area contributed by atoms with E-state index in [9.17, 15) is 9.59 Å². The van der Waals surface area contributed by atoms with Gasteiger partial charge in [-0.15, -0.1) is 11.3 Å². The normalized spacial score (nSPS) is 17.3. The van der Waals surface area contributed by atoms with Crippen molar-refractivity contribution in [2.45, 2.75) is 18.9 Å². The molecule has 33 heavy (non-hydrogen) atoms. The van der Waals surface area contributed by atoms with Gasteiger partial charge in [-0.05, 0) is 48.2 Å². The van der Waals surface area contributed by atoms with Crippen LogP contribution in [0.4, 0.5) is 5.69 Å². The summed E-state index contributed by atoms with van der Waals surface area (Å²) < 4.78 is 16.6. The summed E-state index contributed by atoms with van der Waals surface area (Å²) in [6, 6.07) is 14.1. The molecular weight excluding hydrogens is 440 g/mol. The molecule has 2 aromatic carbocycles. The number of hydrogen-bond donors (Lipinski definition) is 1. The Morgan fingerprint density at radius 3 is 2.45 bits per heavy atom. The molecule has 172 valence electrons. The second-order valence-electron chi connectivity index (χ2n) is 7.57. The topological polar surface area (TPSA) is 77.1 Å². The fraction of sp³-hybridized carbons (Fsp3) is 0.280. The zero-order valence-corrected chi connectivity index (χ0v) is 19.8. The number of para-hydroxylation sites is 2. The molecular formula is C25H26N2O5S. The minimum atomic E-state index is -0.671. The summed E-state index contributed by atoms with van der Waals surface area (Å²) in [4.78, 5) is 29.7. The van der Waals surface area contributed by atoms with Gasteiger partial charge in [-0.2, -0.15) is 0 Å². The van der Waals surface area contributed by atoms with Gasteiger partial charge in [0.2, 0.25) is 5.91 Å². The number of anilines is 1. The number of carbonyl (C=O) groups is 2. The molecule has 2 heterocycles. The third-order valence-electron chi connectivity index (χ3n) is 5.74. The molecule has 1 aliphatic heterocycles. The molecule has 0 radical (unpaired) electrons. The van der Waals surface area contributed by atoms with Gasteiger partial charge in [-0.25, -0.2) is 0 Å². The average molecular weight is 467 g/mol. The van der Waals surface area contributed by atoms with Crippen LogP contribution in [0, 0.1) is 0 Å². The number of fused-ring (bicyclic) bond motifs is 1. The zero-order chi connectivity index (χ0) is 23.5. The Morgan fingerprint density at radius 2 is 1.79 bits per heavy atom. The standard InChI is InChI=1S/C25H26N2O5S/c1-5-32-18-10-7-6-9-17(18)26-24(28)22-15-13-19(30-3)20(31-4)14-16(15)25(29)27(2)23(22)21-11-8-12-33-21/h6-14,22-23H,5H2,1-4H3,(H,26,28)/t22-,23-/m0/s1. The molecule has 1 N–H and O–H groups in total. The molecule has 3 aromatic rings. The summed E-state index contributed by atoms with van der Waals surface area (Å²) >= 11 is 1.51. The summed E-state index contributed by atoms with van der Waals surface area (Å²) in [7, 11) is 4.77. The fourth-order valence-electron chi connectivity index (χ4n) is 4.21. The molecule has 2 atom stereocenters. The minimum Gasteiger partial charge on any atom is -0.493 e. The van der Waals surface area contributed by atoms with Crippen molar-refractivity contribution in [2.75, 3.05) is 33.2 Å². The maximum Gasteiger partial charge on any atom is 0.254 e. The first-order chi connectivity index (χ1) is 16.0. The monoisotopic (exact) mass is 466 g/mol. The first-order valence-corrected chi connectivity index (χ1v) is 11.5. The number of amides is 2. The van der Waals surface area contributed by atoms with Crippen LogP contribution in [0.3, 0.4) is 0 Å². The first kappa shape index (κ1) is 22.7. The molecule has 0 spiro atoms. The number of ether oxygens (including phenoxy) is 3. The molecule has 1 aliphatic rings. The quantitative estimate of drug-likeness (QED) is 0.546. The number of thiophene rings is 1. The molecule has 4 rings (SSSR count). The largest absolute Gasteiger partial charge is 0.493 e. The van der Waals surface area contributed by atoms with Crippen molar-refractivity contribution < 1.29 is 23.8 Å². The Morgan fingerprint density at radius 1 is 1.06 bits per heavy atom. The summed E-state index contributed by atoms with van der Waals surface area (Å²) in [6.45, 7) is 2.37. The lowest BCUT2D eigenvalue weighted by molar-refractivity contribution is -0.119. The zero-order valence-electron chi connectivity index (χ0n) is 19.0. The summed E-state index contributed by atoms with van der Waals surface area (Å²) in [6.07, 6.45) is 0. The van der Waals surface area contributed by atoms with Crippen molar-refractivity contribution in [3.8, 4) is 17.2 Å². The van der Waals surface area contributed by atoms with E-state index in [0.717, 1.165) is 4.88 Å². The average Bonchev–Trinajstić information content (AvgIpc) is 3.36. The van der Waals surface area contributed by atoms with Crippen molar-refractivity contribution in [1.82, 2.24) is 4.90 Å². The van der Waals surface area contributed by atoms with E-state index in [1.54, 1.807) is 30.1 Å². The Labute approximate surface area is 196 Å². The lowest BCUT2D eigenvalue weighted by atomic mass is 9.81. The Bertz CT molecular complexity index is 1160. The van der Waals surface area contributed by atoms with Crippen LogP contribution in [0.5, 0.6) is 17.2 Å². The highest BCUT2D eigenvalue weighted by Gasteiger charge is 2.44. The van der Waals surface area contributed by atoms with E-state index in [-0.39, 0.29) is 11.8 Å². The third kappa shape index (κ3) is 4.14. The van der Waals surface area contributed by atoms with E-state index in [4.69, 9.17) is 14.2 Å². The predicted octanol–water partition coefficient (Wildman–Crippen LogP) is 4.71. The summed E-state index contributed by atoms with van der Waals surface area (Å²) in [5.74, 6) is 0.403. The number of hydrogen-bond acceptors (Lipinski definition) is 6. The second kappa shape index (κ2) is 9.54. The van der Waals surface area contributed by atoms with Crippen LogP contribution in [0.2, 0.25) is 0 Å². The second-order valence-corrected chi connectivity index (χ2v) is 8.55. The Hall–Kier alpha value is -3.52. The van der Waals surface area contributed by atoms with Crippen LogP contribution in [0.25, 0.3) is 0 Å². The highest BCUT2D eigenvalue weighted by molar-refractivity contribution is 7.10. The fourth-order valence-corrected chi connectivity index (χ4v) is 5.11. The SMILES string of the molecule is CCOc1ccccc1NC(=O)[C@H]1c2cc(OC)c(OC)cc2C(=O)N(C)[C@H]1c1cccs1. The molecule has 0 bridgehead atoms.